The largest absolute Gasteiger partial charge is 0.435 e. The summed E-state index contributed by atoms with van der Waals surface area (Å²) in [5.41, 5.74) is 0.808. The maximum absolute atomic E-state index is 11.8. The van der Waals surface area contributed by atoms with Gasteiger partial charge in [0, 0.05) is 12.2 Å². The molecule has 0 bridgehead atoms. The topological polar surface area (TPSA) is 41.5 Å². The Hall–Kier alpha value is -1.36. The summed E-state index contributed by atoms with van der Waals surface area (Å²) in [6.45, 7) is -0.456. The van der Waals surface area contributed by atoms with Crippen LogP contribution in [0.5, 0.6) is 5.75 Å². The zero-order valence-corrected chi connectivity index (χ0v) is 8.99. The molecule has 1 rings (SSSR count). The average Bonchev–Trinajstić information content (AvgIpc) is 2.19. The molecule has 0 aliphatic carbocycles. The molecule has 1 unspecified atom stereocenters. The van der Waals surface area contributed by atoms with Crippen molar-refractivity contribution in [2.75, 3.05) is 11.9 Å². The minimum Gasteiger partial charge on any atom is -0.435 e. The van der Waals surface area contributed by atoms with Gasteiger partial charge in [-0.3, -0.25) is 0 Å². The molecule has 2 N–H and O–H groups in total. The van der Waals surface area contributed by atoms with E-state index in [-0.39, 0.29) is 11.9 Å². The van der Waals surface area contributed by atoms with Crippen LogP contribution < -0.4 is 10.1 Å². The molecule has 5 heteroatoms. The normalized spacial score (nSPS) is 12.6. The van der Waals surface area contributed by atoms with Crippen molar-refractivity contribution in [3.8, 4) is 5.75 Å². The molecule has 1 aromatic carbocycles. The number of hydrogen-bond donors (Lipinski definition) is 2. The van der Waals surface area contributed by atoms with Crippen molar-refractivity contribution in [3.63, 3.8) is 0 Å². The Labute approximate surface area is 93.0 Å². The summed E-state index contributed by atoms with van der Waals surface area (Å²) < 4.78 is 27.9. The molecule has 0 amide bonds. The standard InChI is InChI=1S/C11H15F2NO2/c1-8(15)6-7-14-9-2-4-10(5-3-9)16-11(12)13/h2-5,8,11,14-15H,6-7H2,1H3. The molecule has 1 atom stereocenters. The second kappa shape index (κ2) is 6.27. The minimum atomic E-state index is -2.80. The lowest BCUT2D eigenvalue weighted by atomic mass is 10.2. The molecule has 0 aliphatic heterocycles. The van der Waals surface area contributed by atoms with Crippen molar-refractivity contribution in [3.05, 3.63) is 24.3 Å². The third-order valence-electron chi connectivity index (χ3n) is 1.97. The molecule has 0 aromatic heterocycles. The van der Waals surface area contributed by atoms with Gasteiger partial charge in [0.15, 0.2) is 0 Å². The number of nitrogens with one attached hydrogen (secondary N) is 1. The molecular weight excluding hydrogens is 216 g/mol. The van der Waals surface area contributed by atoms with E-state index in [4.69, 9.17) is 5.11 Å². The maximum Gasteiger partial charge on any atom is 0.387 e. The van der Waals surface area contributed by atoms with Crippen LogP contribution in [0.25, 0.3) is 0 Å². The van der Waals surface area contributed by atoms with E-state index >= 15 is 0 Å². The summed E-state index contributed by atoms with van der Waals surface area (Å²) in [4.78, 5) is 0. The van der Waals surface area contributed by atoms with Gasteiger partial charge >= 0.3 is 6.61 Å². The molecule has 0 saturated heterocycles. The number of halogens is 2. The predicted octanol–water partition coefficient (Wildman–Crippen LogP) is 2.47. The van der Waals surface area contributed by atoms with Crippen LogP contribution in [0.3, 0.4) is 0 Å². The lowest BCUT2D eigenvalue weighted by Gasteiger charge is -2.09. The van der Waals surface area contributed by atoms with E-state index in [0.717, 1.165) is 5.69 Å². The van der Waals surface area contributed by atoms with E-state index in [2.05, 4.69) is 10.1 Å². The van der Waals surface area contributed by atoms with E-state index in [1.807, 2.05) is 0 Å². The Morgan fingerprint density at radius 3 is 2.44 bits per heavy atom. The van der Waals surface area contributed by atoms with Crippen LogP contribution in [0.4, 0.5) is 14.5 Å². The van der Waals surface area contributed by atoms with Crippen LogP contribution in [0.1, 0.15) is 13.3 Å². The van der Waals surface area contributed by atoms with Crippen molar-refractivity contribution in [2.45, 2.75) is 26.1 Å². The van der Waals surface area contributed by atoms with Gasteiger partial charge in [0.05, 0.1) is 6.10 Å². The van der Waals surface area contributed by atoms with Gasteiger partial charge in [0.25, 0.3) is 0 Å². The third kappa shape index (κ3) is 4.93. The summed E-state index contributed by atoms with van der Waals surface area (Å²) in [6.07, 6.45) is 0.281. The second-order valence-corrected chi connectivity index (χ2v) is 3.47. The average molecular weight is 231 g/mol. The number of anilines is 1. The highest BCUT2D eigenvalue weighted by molar-refractivity contribution is 5.46. The summed E-state index contributed by atoms with van der Waals surface area (Å²) in [5.74, 6) is 0.135. The Kier molecular flexibility index (Phi) is 4.98. The van der Waals surface area contributed by atoms with Gasteiger partial charge in [-0.05, 0) is 37.6 Å². The molecule has 0 radical (unpaired) electrons. The predicted molar refractivity (Wildman–Crippen MR) is 57.9 cm³/mol. The molecule has 0 aliphatic rings. The third-order valence-corrected chi connectivity index (χ3v) is 1.97. The fourth-order valence-corrected chi connectivity index (χ4v) is 1.18. The number of ether oxygens (including phenoxy) is 1. The van der Waals surface area contributed by atoms with E-state index in [9.17, 15) is 8.78 Å². The Bertz CT molecular complexity index is 301. The molecule has 16 heavy (non-hydrogen) atoms. The Morgan fingerprint density at radius 1 is 1.31 bits per heavy atom. The van der Waals surface area contributed by atoms with Crippen molar-refractivity contribution >= 4 is 5.69 Å². The maximum atomic E-state index is 11.8. The molecule has 1 aromatic rings. The van der Waals surface area contributed by atoms with Crippen LogP contribution in [-0.4, -0.2) is 24.4 Å². The number of alkyl halides is 2. The monoisotopic (exact) mass is 231 g/mol. The fourth-order valence-electron chi connectivity index (χ4n) is 1.18. The van der Waals surface area contributed by atoms with Crippen LogP contribution >= 0.6 is 0 Å². The van der Waals surface area contributed by atoms with Crippen LogP contribution in [0.2, 0.25) is 0 Å². The lowest BCUT2D eigenvalue weighted by molar-refractivity contribution is -0.0498. The van der Waals surface area contributed by atoms with Crippen LogP contribution in [-0.2, 0) is 0 Å². The van der Waals surface area contributed by atoms with Gasteiger partial charge in [-0.15, -0.1) is 0 Å². The first-order chi connectivity index (χ1) is 7.58. The van der Waals surface area contributed by atoms with Crippen LogP contribution in [0, 0.1) is 0 Å². The van der Waals surface area contributed by atoms with Crippen molar-refractivity contribution in [1.82, 2.24) is 0 Å². The molecule has 3 nitrogen and oxygen atoms in total. The molecular formula is C11H15F2NO2. The Balaban J connectivity index is 2.39. The minimum absolute atomic E-state index is 0.135. The van der Waals surface area contributed by atoms with Crippen LogP contribution in [0.15, 0.2) is 24.3 Å². The molecule has 0 heterocycles. The first-order valence-electron chi connectivity index (χ1n) is 5.04. The smallest absolute Gasteiger partial charge is 0.387 e. The first-order valence-corrected chi connectivity index (χ1v) is 5.04. The van der Waals surface area contributed by atoms with Crippen molar-refractivity contribution in [2.24, 2.45) is 0 Å². The zero-order chi connectivity index (χ0) is 12.0. The highest BCUT2D eigenvalue weighted by atomic mass is 19.3. The van der Waals surface area contributed by atoms with E-state index in [1.54, 1.807) is 19.1 Å². The van der Waals surface area contributed by atoms with Gasteiger partial charge in [0.1, 0.15) is 5.75 Å². The molecule has 0 fully saturated rings. The Morgan fingerprint density at radius 2 is 1.94 bits per heavy atom. The summed E-state index contributed by atoms with van der Waals surface area (Å²) in [5, 5.41) is 12.1. The van der Waals surface area contributed by atoms with Gasteiger partial charge in [-0.25, -0.2) is 0 Å². The molecule has 0 spiro atoms. The molecule has 90 valence electrons. The number of aliphatic hydroxyl groups excluding tert-OH is 1. The molecule has 0 saturated carbocycles. The SMILES string of the molecule is CC(O)CCNc1ccc(OC(F)F)cc1. The van der Waals surface area contributed by atoms with Crippen molar-refractivity contribution < 1.29 is 18.6 Å². The fraction of sp³-hybridized carbons (Fsp3) is 0.455. The lowest BCUT2D eigenvalue weighted by Crippen LogP contribution is -2.09. The first kappa shape index (κ1) is 12.7. The summed E-state index contributed by atoms with van der Waals surface area (Å²) >= 11 is 0. The van der Waals surface area contributed by atoms with Crippen molar-refractivity contribution in [1.29, 1.82) is 0 Å². The summed E-state index contributed by atoms with van der Waals surface area (Å²) in [6, 6.07) is 6.24. The van der Waals surface area contributed by atoms with E-state index < -0.39 is 6.61 Å². The van der Waals surface area contributed by atoms with E-state index in [0.29, 0.717) is 13.0 Å². The zero-order valence-electron chi connectivity index (χ0n) is 8.99. The quantitative estimate of drug-likeness (QED) is 0.790. The highest BCUT2D eigenvalue weighted by Crippen LogP contribution is 2.17. The van der Waals surface area contributed by atoms with Gasteiger partial charge in [-0.1, -0.05) is 0 Å². The number of benzene rings is 1. The number of aliphatic hydroxyl groups is 1. The van der Waals surface area contributed by atoms with Gasteiger partial charge < -0.3 is 15.2 Å². The number of rotatable bonds is 6. The summed E-state index contributed by atoms with van der Waals surface area (Å²) in [7, 11) is 0. The highest BCUT2D eigenvalue weighted by Gasteiger charge is 2.03. The van der Waals surface area contributed by atoms with Gasteiger partial charge in [-0.2, -0.15) is 8.78 Å². The van der Waals surface area contributed by atoms with Gasteiger partial charge in [0.2, 0.25) is 0 Å². The second-order valence-electron chi connectivity index (χ2n) is 3.47. The van der Waals surface area contributed by atoms with E-state index in [1.165, 1.54) is 12.1 Å². The number of hydrogen-bond acceptors (Lipinski definition) is 3.